The summed E-state index contributed by atoms with van der Waals surface area (Å²) >= 11 is 0. The fourth-order valence-electron chi connectivity index (χ4n) is 1.94. The summed E-state index contributed by atoms with van der Waals surface area (Å²) < 4.78 is 40.7. The third-order valence-electron chi connectivity index (χ3n) is 3.12. The van der Waals surface area contributed by atoms with Gasteiger partial charge in [0.1, 0.15) is 0 Å². The Balaban J connectivity index is 3.57. The first-order chi connectivity index (χ1) is 9.49. The molecule has 20 heavy (non-hydrogen) atoms. The average Bonchev–Trinajstić information content (AvgIpc) is 2.40. The van der Waals surface area contributed by atoms with Crippen molar-refractivity contribution in [1.82, 2.24) is 0 Å². The van der Waals surface area contributed by atoms with Gasteiger partial charge < -0.3 is 4.74 Å². The molecule has 5 heteroatoms. The van der Waals surface area contributed by atoms with Crippen LogP contribution in [0, 0.1) is 0 Å². The predicted octanol–water partition coefficient (Wildman–Crippen LogP) is 5.53. The molecule has 0 aliphatic rings. The Morgan fingerprint density at radius 1 is 0.950 bits per heavy atom. The first-order valence-electron chi connectivity index (χ1n) is 7.40. The van der Waals surface area contributed by atoms with Crippen LogP contribution >= 0.6 is 0 Å². The zero-order valence-corrected chi connectivity index (χ0v) is 12.4. The van der Waals surface area contributed by atoms with Crippen LogP contribution in [0.4, 0.5) is 13.2 Å². The number of hydrogen-bond donors (Lipinski definition) is 0. The number of rotatable bonds is 11. The van der Waals surface area contributed by atoms with Gasteiger partial charge in [-0.05, 0) is 19.8 Å². The summed E-state index contributed by atoms with van der Waals surface area (Å²) in [4.78, 5) is 10.9. The molecule has 0 aliphatic heterocycles. The third-order valence-corrected chi connectivity index (χ3v) is 3.12. The summed E-state index contributed by atoms with van der Waals surface area (Å²) in [6.07, 6.45) is 6.61. The van der Waals surface area contributed by atoms with E-state index in [-0.39, 0.29) is 0 Å². The first-order valence-corrected chi connectivity index (χ1v) is 7.40. The number of unbranched alkanes of at least 4 members (excludes halogenated alkanes) is 7. The molecule has 0 bridgehead atoms. The van der Waals surface area contributed by atoms with Gasteiger partial charge in [0.05, 0.1) is 6.10 Å². The van der Waals surface area contributed by atoms with E-state index in [4.69, 9.17) is 0 Å². The molecule has 0 N–H and O–H groups in total. The van der Waals surface area contributed by atoms with E-state index in [1.54, 1.807) is 6.92 Å². The van der Waals surface area contributed by atoms with Gasteiger partial charge in [-0.25, -0.2) is 4.79 Å². The molecular formula is C15H25F3O2. The molecule has 0 aliphatic carbocycles. The molecule has 0 amide bonds. The van der Waals surface area contributed by atoms with E-state index in [0.717, 1.165) is 19.3 Å². The zero-order chi connectivity index (χ0) is 15.4. The molecule has 0 saturated carbocycles. The Morgan fingerprint density at radius 3 is 1.95 bits per heavy atom. The number of carbonyl (C=O) groups is 1. The number of ether oxygens (including phenoxy) is 1. The summed E-state index contributed by atoms with van der Waals surface area (Å²) in [5.41, 5.74) is 0. The van der Waals surface area contributed by atoms with E-state index in [0.29, 0.717) is 6.42 Å². The highest BCUT2D eigenvalue weighted by Crippen LogP contribution is 2.15. The minimum Gasteiger partial charge on any atom is -0.457 e. The van der Waals surface area contributed by atoms with Gasteiger partial charge in [0.15, 0.2) is 0 Å². The monoisotopic (exact) mass is 294 g/mol. The van der Waals surface area contributed by atoms with Crippen molar-refractivity contribution in [2.24, 2.45) is 0 Å². The van der Waals surface area contributed by atoms with Crippen molar-refractivity contribution >= 4 is 5.97 Å². The van der Waals surface area contributed by atoms with Gasteiger partial charge in [-0.3, -0.25) is 0 Å². The normalized spacial score (nSPS) is 12.1. The van der Waals surface area contributed by atoms with E-state index >= 15 is 0 Å². The van der Waals surface area contributed by atoms with Crippen molar-refractivity contribution < 1.29 is 22.7 Å². The molecule has 1 atom stereocenters. The Morgan fingerprint density at radius 2 is 1.45 bits per heavy atom. The van der Waals surface area contributed by atoms with Crippen molar-refractivity contribution in [3.63, 3.8) is 0 Å². The van der Waals surface area contributed by atoms with Crippen LogP contribution in [0.1, 0.15) is 71.6 Å². The van der Waals surface area contributed by atoms with Gasteiger partial charge >= 0.3 is 12.0 Å². The first kappa shape index (κ1) is 19.0. The van der Waals surface area contributed by atoms with Gasteiger partial charge in [0.25, 0.3) is 5.83 Å². The Bertz CT molecular complexity index is 299. The molecule has 0 aromatic carbocycles. The van der Waals surface area contributed by atoms with Gasteiger partial charge in [0, 0.05) is 0 Å². The molecule has 0 spiro atoms. The smallest absolute Gasteiger partial charge is 0.373 e. The van der Waals surface area contributed by atoms with Gasteiger partial charge in [-0.1, -0.05) is 51.9 Å². The van der Waals surface area contributed by atoms with Crippen LogP contribution in [-0.2, 0) is 9.53 Å². The number of hydrogen-bond acceptors (Lipinski definition) is 2. The fourth-order valence-corrected chi connectivity index (χ4v) is 1.94. The third kappa shape index (κ3) is 9.87. The van der Waals surface area contributed by atoms with Gasteiger partial charge in [-0.15, -0.1) is 0 Å². The van der Waals surface area contributed by atoms with E-state index in [2.05, 4.69) is 11.7 Å². The number of carbonyl (C=O) groups excluding carboxylic acids is 1. The van der Waals surface area contributed by atoms with E-state index in [9.17, 15) is 18.0 Å². The van der Waals surface area contributed by atoms with E-state index in [1.807, 2.05) is 0 Å². The van der Waals surface area contributed by atoms with Crippen LogP contribution in [0.15, 0.2) is 11.9 Å². The molecule has 2 nitrogen and oxygen atoms in total. The van der Waals surface area contributed by atoms with Crippen LogP contribution in [0.3, 0.4) is 0 Å². The molecule has 0 heterocycles. The number of esters is 1. The van der Waals surface area contributed by atoms with Gasteiger partial charge in [-0.2, -0.15) is 13.2 Å². The standard InChI is InChI=1S/C15H25F3O2/c1-3-4-5-6-7-8-9-10-11-12(2)20-15(19)13(16)14(17)18/h12H,3-11H2,1-2H3. The Kier molecular flexibility index (Phi) is 11.2. The highest BCUT2D eigenvalue weighted by Gasteiger charge is 2.19. The molecular weight excluding hydrogens is 269 g/mol. The van der Waals surface area contributed by atoms with E-state index in [1.165, 1.54) is 32.1 Å². The SMILES string of the molecule is CCCCCCCCCCC(C)OC(=O)C(F)=C(F)F. The van der Waals surface area contributed by atoms with E-state index < -0.39 is 24.0 Å². The lowest BCUT2D eigenvalue weighted by Crippen LogP contribution is -2.15. The molecule has 1 unspecified atom stereocenters. The van der Waals surface area contributed by atoms with Crippen molar-refractivity contribution in [2.75, 3.05) is 0 Å². The second kappa shape index (κ2) is 11.8. The predicted molar refractivity (Wildman–Crippen MR) is 73.1 cm³/mol. The van der Waals surface area contributed by atoms with Crippen molar-refractivity contribution in [3.8, 4) is 0 Å². The second-order valence-corrected chi connectivity index (χ2v) is 5.05. The molecule has 0 aromatic heterocycles. The molecule has 0 fully saturated rings. The minimum atomic E-state index is -2.63. The lowest BCUT2D eigenvalue weighted by atomic mass is 10.1. The van der Waals surface area contributed by atoms with Crippen LogP contribution < -0.4 is 0 Å². The lowest BCUT2D eigenvalue weighted by molar-refractivity contribution is -0.146. The van der Waals surface area contributed by atoms with Crippen molar-refractivity contribution in [1.29, 1.82) is 0 Å². The quantitative estimate of drug-likeness (QED) is 0.284. The molecule has 0 saturated heterocycles. The van der Waals surface area contributed by atoms with Gasteiger partial charge in [0.2, 0.25) is 0 Å². The van der Waals surface area contributed by atoms with Crippen molar-refractivity contribution in [2.45, 2.75) is 77.7 Å². The highest BCUT2D eigenvalue weighted by atomic mass is 19.3. The maximum atomic E-state index is 12.5. The summed E-state index contributed by atoms with van der Waals surface area (Å²) in [6.45, 7) is 3.76. The molecule has 0 rings (SSSR count). The summed E-state index contributed by atoms with van der Waals surface area (Å²) in [5, 5.41) is 0. The Hall–Kier alpha value is -1.00. The fraction of sp³-hybridized carbons (Fsp3) is 0.800. The van der Waals surface area contributed by atoms with Crippen LogP contribution in [0.2, 0.25) is 0 Å². The van der Waals surface area contributed by atoms with Crippen LogP contribution in [0.5, 0.6) is 0 Å². The zero-order valence-electron chi connectivity index (χ0n) is 12.4. The van der Waals surface area contributed by atoms with Crippen LogP contribution in [0.25, 0.3) is 0 Å². The average molecular weight is 294 g/mol. The molecule has 118 valence electrons. The summed E-state index contributed by atoms with van der Waals surface area (Å²) in [6, 6.07) is 0. The molecule has 0 aromatic rings. The largest absolute Gasteiger partial charge is 0.457 e. The minimum absolute atomic E-state index is 0.535. The summed E-state index contributed by atoms with van der Waals surface area (Å²) in [5.74, 6) is -3.66. The topological polar surface area (TPSA) is 26.3 Å². The summed E-state index contributed by atoms with van der Waals surface area (Å²) in [7, 11) is 0. The van der Waals surface area contributed by atoms with Crippen molar-refractivity contribution in [3.05, 3.63) is 11.9 Å². The highest BCUT2D eigenvalue weighted by molar-refractivity contribution is 5.86. The number of halogens is 3. The Labute approximate surface area is 119 Å². The maximum absolute atomic E-state index is 12.5. The maximum Gasteiger partial charge on any atom is 0.373 e. The van der Waals surface area contributed by atoms with Crippen LogP contribution in [-0.4, -0.2) is 12.1 Å². The lowest BCUT2D eigenvalue weighted by Gasteiger charge is -2.11. The molecule has 0 radical (unpaired) electrons. The second-order valence-electron chi connectivity index (χ2n) is 5.05.